The minimum atomic E-state index is 0.239. The molecule has 1 saturated carbocycles. The van der Waals surface area contributed by atoms with Crippen molar-refractivity contribution in [1.29, 1.82) is 0 Å². The highest BCUT2D eigenvalue weighted by molar-refractivity contribution is 6.33. The van der Waals surface area contributed by atoms with Crippen LogP contribution < -0.4 is 0 Å². The second-order valence-electron chi connectivity index (χ2n) is 4.57. The number of halogens is 1. The van der Waals surface area contributed by atoms with Crippen LogP contribution in [0.25, 0.3) is 11.0 Å². The maximum atomic E-state index is 9.39. The number of rotatable bonds is 2. The van der Waals surface area contributed by atoms with Gasteiger partial charge in [0, 0.05) is 24.8 Å². The Hall–Kier alpha value is -1.13. The molecule has 0 radical (unpaired) electrons. The number of fused-ring (bicyclic) bond motifs is 1. The molecule has 2 heterocycles. The Morgan fingerprint density at radius 3 is 3.12 bits per heavy atom. The van der Waals surface area contributed by atoms with E-state index in [0.717, 1.165) is 30.3 Å². The van der Waals surface area contributed by atoms with Crippen LogP contribution in [-0.4, -0.2) is 26.2 Å². The molecule has 0 aliphatic heterocycles. The highest BCUT2D eigenvalue weighted by Crippen LogP contribution is 2.37. The highest BCUT2D eigenvalue weighted by Gasteiger charge is 2.29. The summed E-state index contributed by atoms with van der Waals surface area (Å²) >= 11 is 6.03. The molecule has 2 atom stereocenters. The van der Waals surface area contributed by atoms with Crippen molar-refractivity contribution >= 4 is 22.6 Å². The SMILES string of the molecule is OC[C@@H]1CCC[C@@H]1n1ccc2c(Cl)ncnc21. The largest absolute Gasteiger partial charge is 0.396 e. The molecule has 2 aromatic rings. The van der Waals surface area contributed by atoms with E-state index in [1.165, 1.54) is 6.33 Å². The zero-order valence-electron chi connectivity index (χ0n) is 9.38. The van der Waals surface area contributed by atoms with Crippen LogP contribution in [0.4, 0.5) is 0 Å². The van der Waals surface area contributed by atoms with Gasteiger partial charge in [-0.15, -0.1) is 0 Å². The quantitative estimate of drug-likeness (QED) is 0.834. The van der Waals surface area contributed by atoms with Crippen LogP contribution in [0.3, 0.4) is 0 Å². The first kappa shape index (κ1) is 11.0. The fourth-order valence-electron chi connectivity index (χ4n) is 2.80. The summed E-state index contributed by atoms with van der Waals surface area (Å²) in [5, 5.41) is 10.8. The third-order valence-electron chi connectivity index (χ3n) is 3.67. The van der Waals surface area contributed by atoms with E-state index in [9.17, 15) is 5.11 Å². The summed E-state index contributed by atoms with van der Waals surface area (Å²) in [5.41, 5.74) is 0.871. The van der Waals surface area contributed by atoms with Crippen LogP contribution >= 0.6 is 11.6 Å². The zero-order valence-corrected chi connectivity index (χ0v) is 10.1. The van der Waals surface area contributed by atoms with Crippen LogP contribution in [0.5, 0.6) is 0 Å². The highest BCUT2D eigenvalue weighted by atomic mass is 35.5. The molecule has 90 valence electrons. The fourth-order valence-corrected chi connectivity index (χ4v) is 3.00. The van der Waals surface area contributed by atoms with Gasteiger partial charge in [-0.1, -0.05) is 18.0 Å². The van der Waals surface area contributed by atoms with E-state index in [-0.39, 0.29) is 6.61 Å². The number of nitrogens with zero attached hydrogens (tertiary/aromatic N) is 3. The van der Waals surface area contributed by atoms with Gasteiger partial charge in [-0.05, 0) is 18.9 Å². The lowest BCUT2D eigenvalue weighted by atomic mass is 10.1. The summed E-state index contributed by atoms with van der Waals surface area (Å²) in [6, 6.07) is 2.29. The Morgan fingerprint density at radius 1 is 1.41 bits per heavy atom. The number of hydrogen-bond donors (Lipinski definition) is 1. The van der Waals surface area contributed by atoms with E-state index >= 15 is 0 Å². The third kappa shape index (κ3) is 1.72. The van der Waals surface area contributed by atoms with Crippen LogP contribution in [0.2, 0.25) is 5.15 Å². The summed E-state index contributed by atoms with van der Waals surface area (Å²) < 4.78 is 2.14. The first-order valence-electron chi connectivity index (χ1n) is 5.89. The normalized spacial score (nSPS) is 24.6. The molecule has 1 N–H and O–H groups in total. The monoisotopic (exact) mass is 251 g/mol. The standard InChI is InChI=1S/C12H14ClN3O/c13-11-9-4-5-16(12(9)15-7-14-11)10-3-1-2-8(10)6-17/h4-5,7-8,10,17H,1-3,6H2/t8-,10-/m0/s1. The topological polar surface area (TPSA) is 50.9 Å². The van der Waals surface area contributed by atoms with Gasteiger partial charge in [-0.2, -0.15) is 0 Å². The Labute approximate surface area is 104 Å². The van der Waals surface area contributed by atoms with Crippen molar-refractivity contribution in [2.45, 2.75) is 25.3 Å². The second-order valence-corrected chi connectivity index (χ2v) is 4.92. The predicted octanol–water partition coefficient (Wildman–Crippen LogP) is 2.42. The van der Waals surface area contributed by atoms with Gasteiger partial charge in [0.05, 0.1) is 5.39 Å². The summed E-state index contributed by atoms with van der Waals surface area (Å²) in [6.07, 6.45) is 6.83. The zero-order chi connectivity index (χ0) is 11.8. The third-order valence-corrected chi connectivity index (χ3v) is 3.97. The number of aliphatic hydroxyl groups excluding tert-OH is 1. The van der Waals surface area contributed by atoms with E-state index in [4.69, 9.17) is 11.6 Å². The molecule has 1 aliphatic rings. The van der Waals surface area contributed by atoms with Gasteiger partial charge in [0.25, 0.3) is 0 Å². The van der Waals surface area contributed by atoms with Gasteiger partial charge in [0.2, 0.25) is 0 Å². The fraction of sp³-hybridized carbons (Fsp3) is 0.500. The van der Waals surface area contributed by atoms with Crippen molar-refractivity contribution in [3.05, 3.63) is 23.7 Å². The Balaban J connectivity index is 2.09. The van der Waals surface area contributed by atoms with Gasteiger partial charge < -0.3 is 9.67 Å². The van der Waals surface area contributed by atoms with Crippen LogP contribution in [0.15, 0.2) is 18.6 Å². The molecule has 0 amide bonds. The van der Waals surface area contributed by atoms with Crippen LogP contribution in [0.1, 0.15) is 25.3 Å². The Kier molecular flexibility index (Phi) is 2.76. The molecular formula is C12H14ClN3O. The van der Waals surface area contributed by atoms with E-state index in [0.29, 0.717) is 17.1 Å². The molecule has 0 bridgehead atoms. The van der Waals surface area contributed by atoms with E-state index < -0.39 is 0 Å². The summed E-state index contributed by atoms with van der Waals surface area (Å²) in [7, 11) is 0. The summed E-state index contributed by atoms with van der Waals surface area (Å²) in [6.45, 7) is 0.239. The molecule has 3 rings (SSSR count). The maximum absolute atomic E-state index is 9.39. The molecule has 0 aromatic carbocycles. The minimum absolute atomic E-state index is 0.239. The molecule has 2 aromatic heterocycles. The van der Waals surface area contributed by atoms with E-state index in [2.05, 4.69) is 14.5 Å². The lowest BCUT2D eigenvalue weighted by molar-refractivity contribution is 0.197. The van der Waals surface area contributed by atoms with E-state index in [1.54, 1.807) is 0 Å². The van der Waals surface area contributed by atoms with Crippen molar-refractivity contribution in [2.75, 3.05) is 6.61 Å². The molecule has 4 nitrogen and oxygen atoms in total. The maximum Gasteiger partial charge on any atom is 0.145 e. The van der Waals surface area contributed by atoms with Crippen molar-refractivity contribution in [1.82, 2.24) is 14.5 Å². The van der Waals surface area contributed by atoms with Gasteiger partial charge in [0.15, 0.2) is 0 Å². The average Bonchev–Trinajstić information content (AvgIpc) is 2.94. The number of aromatic nitrogens is 3. The lowest BCUT2D eigenvalue weighted by Crippen LogP contribution is -2.16. The van der Waals surface area contributed by atoms with Gasteiger partial charge in [0.1, 0.15) is 17.1 Å². The number of aliphatic hydroxyl groups is 1. The Morgan fingerprint density at radius 2 is 2.29 bits per heavy atom. The first-order valence-corrected chi connectivity index (χ1v) is 6.27. The molecule has 0 spiro atoms. The van der Waals surface area contributed by atoms with Crippen LogP contribution in [0, 0.1) is 5.92 Å². The van der Waals surface area contributed by atoms with E-state index in [1.807, 2.05) is 12.3 Å². The average molecular weight is 252 g/mol. The molecule has 0 saturated heterocycles. The minimum Gasteiger partial charge on any atom is -0.396 e. The van der Waals surface area contributed by atoms with Crippen molar-refractivity contribution < 1.29 is 5.11 Å². The first-order chi connectivity index (χ1) is 8.31. The van der Waals surface area contributed by atoms with Crippen LogP contribution in [-0.2, 0) is 0 Å². The van der Waals surface area contributed by atoms with Crippen molar-refractivity contribution in [3.63, 3.8) is 0 Å². The molecule has 0 unspecified atom stereocenters. The summed E-state index contributed by atoms with van der Waals surface area (Å²) in [5.74, 6) is 0.333. The summed E-state index contributed by atoms with van der Waals surface area (Å²) in [4.78, 5) is 8.28. The molecule has 5 heteroatoms. The molecule has 17 heavy (non-hydrogen) atoms. The second kappa shape index (κ2) is 4.27. The van der Waals surface area contributed by atoms with Gasteiger partial charge in [-0.3, -0.25) is 0 Å². The lowest BCUT2D eigenvalue weighted by Gasteiger charge is -2.19. The van der Waals surface area contributed by atoms with Crippen molar-refractivity contribution in [3.8, 4) is 0 Å². The number of hydrogen-bond acceptors (Lipinski definition) is 3. The molecule has 1 fully saturated rings. The molecular weight excluding hydrogens is 238 g/mol. The Bertz CT molecular complexity index is 540. The van der Waals surface area contributed by atoms with Gasteiger partial charge in [-0.25, -0.2) is 9.97 Å². The molecule has 1 aliphatic carbocycles. The smallest absolute Gasteiger partial charge is 0.145 e. The van der Waals surface area contributed by atoms with Gasteiger partial charge >= 0.3 is 0 Å². The predicted molar refractivity (Wildman–Crippen MR) is 66.0 cm³/mol. The van der Waals surface area contributed by atoms with Crippen molar-refractivity contribution in [2.24, 2.45) is 5.92 Å².